The predicted molar refractivity (Wildman–Crippen MR) is 90.6 cm³/mol. The number of aryl methyl sites for hydroxylation is 1. The number of carbonyl (C=O) groups is 3. The highest BCUT2D eigenvalue weighted by atomic mass is 16.5. The van der Waals surface area contributed by atoms with Gasteiger partial charge in [0.1, 0.15) is 5.69 Å². The van der Waals surface area contributed by atoms with Crippen molar-refractivity contribution in [3.8, 4) is 0 Å². The molecular formula is C18H20N2O4. The Morgan fingerprint density at radius 1 is 1.12 bits per heavy atom. The van der Waals surface area contributed by atoms with Crippen molar-refractivity contribution >= 4 is 23.3 Å². The van der Waals surface area contributed by atoms with Crippen molar-refractivity contribution in [2.45, 2.75) is 27.7 Å². The molecule has 1 aromatic heterocycles. The lowest BCUT2D eigenvalue weighted by Gasteiger charge is -2.06. The molecular weight excluding hydrogens is 308 g/mol. The second-order valence-electron chi connectivity index (χ2n) is 5.43. The summed E-state index contributed by atoms with van der Waals surface area (Å²) >= 11 is 0. The molecule has 24 heavy (non-hydrogen) atoms. The van der Waals surface area contributed by atoms with Crippen LogP contribution in [-0.4, -0.2) is 29.3 Å². The maximum absolute atomic E-state index is 12.4. The number of esters is 1. The molecule has 0 aliphatic rings. The molecule has 6 heteroatoms. The Kier molecular flexibility index (Phi) is 5.18. The summed E-state index contributed by atoms with van der Waals surface area (Å²) in [5.74, 6) is -0.830. The average Bonchev–Trinajstić information content (AvgIpc) is 2.83. The molecule has 0 bridgehead atoms. The van der Waals surface area contributed by atoms with Crippen LogP contribution in [0.3, 0.4) is 0 Å². The minimum atomic E-state index is -0.405. The van der Waals surface area contributed by atoms with Gasteiger partial charge in [-0.05, 0) is 57.5 Å². The number of amides is 1. The molecule has 2 aromatic rings. The summed E-state index contributed by atoms with van der Waals surface area (Å²) in [4.78, 5) is 38.6. The van der Waals surface area contributed by atoms with Gasteiger partial charge < -0.3 is 15.0 Å². The van der Waals surface area contributed by atoms with Crippen LogP contribution in [0.4, 0.5) is 5.69 Å². The number of H-pyrrole nitrogens is 1. The van der Waals surface area contributed by atoms with Gasteiger partial charge in [-0.15, -0.1) is 0 Å². The standard InChI is InChI=1S/C18H20N2O4/c1-5-24-18(23)13-6-8-14(9-7-13)20-17(22)16-10(2)15(12(4)21)11(3)19-16/h6-9,19H,5H2,1-4H3,(H,20,22). The predicted octanol–water partition coefficient (Wildman–Crippen LogP) is 3.26. The van der Waals surface area contributed by atoms with Crippen LogP contribution >= 0.6 is 0 Å². The SMILES string of the molecule is CCOC(=O)c1ccc(NC(=O)c2[nH]c(C)c(C(C)=O)c2C)cc1. The summed E-state index contributed by atoms with van der Waals surface area (Å²) in [7, 11) is 0. The van der Waals surface area contributed by atoms with Crippen molar-refractivity contribution in [2.24, 2.45) is 0 Å². The molecule has 0 saturated heterocycles. The third kappa shape index (κ3) is 3.53. The molecule has 2 rings (SSSR count). The summed E-state index contributed by atoms with van der Waals surface area (Å²) in [5.41, 5.74) is 3.15. The summed E-state index contributed by atoms with van der Waals surface area (Å²) in [6.07, 6.45) is 0. The van der Waals surface area contributed by atoms with E-state index in [1.807, 2.05) is 0 Å². The summed E-state index contributed by atoms with van der Waals surface area (Å²) in [6, 6.07) is 6.42. The smallest absolute Gasteiger partial charge is 0.338 e. The van der Waals surface area contributed by atoms with Crippen molar-refractivity contribution < 1.29 is 19.1 Å². The lowest BCUT2D eigenvalue weighted by Crippen LogP contribution is -2.14. The van der Waals surface area contributed by atoms with Gasteiger partial charge in [0.15, 0.2) is 5.78 Å². The molecule has 0 radical (unpaired) electrons. The van der Waals surface area contributed by atoms with Crippen LogP contribution in [0.5, 0.6) is 0 Å². The van der Waals surface area contributed by atoms with E-state index in [1.54, 1.807) is 45.0 Å². The van der Waals surface area contributed by atoms with Crippen molar-refractivity contribution in [1.82, 2.24) is 4.98 Å². The first-order chi connectivity index (χ1) is 11.3. The third-order valence-corrected chi connectivity index (χ3v) is 3.67. The first kappa shape index (κ1) is 17.5. The fourth-order valence-electron chi connectivity index (χ4n) is 2.60. The minimum Gasteiger partial charge on any atom is -0.462 e. The van der Waals surface area contributed by atoms with Gasteiger partial charge in [0, 0.05) is 16.9 Å². The molecule has 1 aromatic carbocycles. The fourth-order valence-corrected chi connectivity index (χ4v) is 2.60. The topological polar surface area (TPSA) is 88.3 Å². The number of ketones is 1. The summed E-state index contributed by atoms with van der Waals surface area (Å²) in [6.45, 7) is 7.01. The van der Waals surface area contributed by atoms with Crippen LogP contribution < -0.4 is 5.32 Å². The molecule has 1 heterocycles. The number of Topliss-reactive ketones (excluding diaryl/α,β-unsaturated/α-hetero) is 1. The highest BCUT2D eigenvalue weighted by Crippen LogP contribution is 2.20. The molecule has 0 atom stereocenters. The van der Waals surface area contributed by atoms with Crippen LogP contribution in [0.1, 0.15) is 56.3 Å². The third-order valence-electron chi connectivity index (χ3n) is 3.67. The minimum absolute atomic E-state index is 0.0842. The number of nitrogens with one attached hydrogen (secondary N) is 2. The molecule has 1 amide bonds. The monoisotopic (exact) mass is 328 g/mol. The number of anilines is 1. The fraction of sp³-hybridized carbons (Fsp3) is 0.278. The Bertz CT molecular complexity index is 788. The molecule has 0 aliphatic carbocycles. The Morgan fingerprint density at radius 3 is 2.25 bits per heavy atom. The lowest BCUT2D eigenvalue weighted by molar-refractivity contribution is 0.0526. The van der Waals surface area contributed by atoms with Gasteiger partial charge in [-0.2, -0.15) is 0 Å². The van der Waals surface area contributed by atoms with Crippen molar-refractivity contribution in [3.05, 3.63) is 52.3 Å². The molecule has 0 fully saturated rings. The summed E-state index contributed by atoms with van der Waals surface area (Å²) in [5, 5.41) is 2.74. The molecule has 2 N–H and O–H groups in total. The van der Waals surface area contributed by atoms with E-state index in [0.29, 0.717) is 40.4 Å². The zero-order valence-electron chi connectivity index (χ0n) is 14.1. The van der Waals surface area contributed by atoms with Gasteiger partial charge in [-0.1, -0.05) is 0 Å². The first-order valence-electron chi connectivity index (χ1n) is 7.63. The molecule has 0 spiro atoms. The second-order valence-corrected chi connectivity index (χ2v) is 5.43. The number of aromatic nitrogens is 1. The van der Waals surface area contributed by atoms with Gasteiger partial charge in [-0.3, -0.25) is 9.59 Å². The number of ether oxygens (including phenoxy) is 1. The number of rotatable bonds is 5. The second kappa shape index (κ2) is 7.12. The summed E-state index contributed by atoms with van der Waals surface area (Å²) < 4.78 is 4.91. The van der Waals surface area contributed by atoms with Gasteiger partial charge in [0.05, 0.1) is 12.2 Å². The Morgan fingerprint density at radius 2 is 1.75 bits per heavy atom. The number of aromatic amines is 1. The van der Waals surface area contributed by atoms with E-state index in [9.17, 15) is 14.4 Å². The Labute approximate surface area is 140 Å². The van der Waals surface area contributed by atoms with Gasteiger partial charge >= 0.3 is 5.97 Å². The van der Waals surface area contributed by atoms with Gasteiger partial charge in [-0.25, -0.2) is 4.79 Å². The molecule has 6 nitrogen and oxygen atoms in total. The van der Waals surface area contributed by atoms with Crippen LogP contribution in [0.25, 0.3) is 0 Å². The maximum Gasteiger partial charge on any atom is 0.338 e. The Balaban J connectivity index is 2.17. The van der Waals surface area contributed by atoms with Crippen molar-refractivity contribution in [3.63, 3.8) is 0 Å². The number of carbonyl (C=O) groups excluding carboxylic acids is 3. The number of hydrogen-bond donors (Lipinski definition) is 2. The zero-order valence-corrected chi connectivity index (χ0v) is 14.1. The lowest BCUT2D eigenvalue weighted by atomic mass is 10.1. The number of benzene rings is 1. The van der Waals surface area contributed by atoms with E-state index in [1.165, 1.54) is 6.92 Å². The number of hydrogen-bond acceptors (Lipinski definition) is 4. The van der Waals surface area contributed by atoms with E-state index >= 15 is 0 Å². The van der Waals surface area contributed by atoms with E-state index in [2.05, 4.69) is 10.3 Å². The van der Waals surface area contributed by atoms with E-state index in [0.717, 1.165) is 0 Å². The zero-order chi connectivity index (χ0) is 17.9. The van der Waals surface area contributed by atoms with Gasteiger partial charge in [0.2, 0.25) is 0 Å². The highest BCUT2D eigenvalue weighted by molar-refractivity contribution is 6.07. The first-order valence-corrected chi connectivity index (χ1v) is 7.63. The van der Waals surface area contributed by atoms with Crippen LogP contribution in [-0.2, 0) is 4.74 Å². The van der Waals surface area contributed by atoms with Crippen LogP contribution in [0.2, 0.25) is 0 Å². The Hall–Kier alpha value is -2.89. The molecule has 0 unspecified atom stereocenters. The molecule has 0 aliphatic heterocycles. The maximum atomic E-state index is 12.4. The highest BCUT2D eigenvalue weighted by Gasteiger charge is 2.19. The van der Waals surface area contributed by atoms with Gasteiger partial charge in [0.25, 0.3) is 5.91 Å². The van der Waals surface area contributed by atoms with E-state index in [4.69, 9.17) is 4.74 Å². The average molecular weight is 328 g/mol. The largest absolute Gasteiger partial charge is 0.462 e. The quantitative estimate of drug-likeness (QED) is 0.651. The normalized spacial score (nSPS) is 10.3. The van der Waals surface area contributed by atoms with Crippen LogP contribution in [0.15, 0.2) is 24.3 Å². The van der Waals surface area contributed by atoms with E-state index < -0.39 is 5.97 Å². The van der Waals surface area contributed by atoms with E-state index in [-0.39, 0.29) is 11.7 Å². The van der Waals surface area contributed by atoms with Crippen molar-refractivity contribution in [2.75, 3.05) is 11.9 Å². The molecule has 0 saturated carbocycles. The molecule has 126 valence electrons. The van der Waals surface area contributed by atoms with Crippen molar-refractivity contribution in [1.29, 1.82) is 0 Å². The van der Waals surface area contributed by atoms with Crippen LogP contribution in [0, 0.1) is 13.8 Å².